The molecule has 2 N–H and O–H groups in total. The highest BCUT2D eigenvalue weighted by molar-refractivity contribution is 6.20. The van der Waals surface area contributed by atoms with Crippen LogP contribution in [0.25, 0.3) is 0 Å². The summed E-state index contributed by atoms with van der Waals surface area (Å²) in [5, 5.41) is 7.32. The number of carbonyl (C=O) groups is 1. The third kappa shape index (κ3) is 8.69. The summed E-state index contributed by atoms with van der Waals surface area (Å²) in [6, 6.07) is 0.231. The number of piperidine rings is 1. The van der Waals surface area contributed by atoms with E-state index in [2.05, 4.69) is 43.2 Å². The Balaban J connectivity index is 1.40. The van der Waals surface area contributed by atoms with Crippen LogP contribution < -0.4 is 10.6 Å². The van der Waals surface area contributed by atoms with Crippen molar-refractivity contribution < 1.29 is 4.79 Å². The highest BCUT2D eigenvalue weighted by Gasteiger charge is 2.41. The lowest BCUT2D eigenvalue weighted by molar-refractivity contribution is -0.122. The van der Waals surface area contributed by atoms with E-state index in [4.69, 9.17) is 11.6 Å². The molecule has 1 unspecified atom stereocenters. The van der Waals surface area contributed by atoms with Crippen molar-refractivity contribution in [2.45, 2.75) is 110 Å². The number of rotatable bonds is 10. The Morgan fingerprint density at radius 1 is 1.03 bits per heavy atom. The summed E-state index contributed by atoms with van der Waals surface area (Å²) in [5.41, 5.74) is 0.330. The Labute approximate surface area is 209 Å². The van der Waals surface area contributed by atoms with Crippen LogP contribution >= 0.6 is 11.6 Å². The molecule has 1 saturated heterocycles. The van der Waals surface area contributed by atoms with Gasteiger partial charge in [-0.25, -0.2) is 0 Å². The second kappa shape index (κ2) is 13.1. The van der Waals surface area contributed by atoms with Gasteiger partial charge in [0.1, 0.15) is 0 Å². The maximum absolute atomic E-state index is 12.7. The molecule has 3 fully saturated rings. The highest BCUT2D eigenvalue weighted by atomic mass is 35.5. The van der Waals surface area contributed by atoms with E-state index < -0.39 is 0 Å². The molecule has 1 heterocycles. The van der Waals surface area contributed by atoms with Crippen LogP contribution in [0.15, 0.2) is 0 Å². The Bertz CT molecular complexity index is 582. The molecule has 3 aliphatic rings. The van der Waals surface area contributed by atoms with Gasteiger partial charge in [0.05, 0.1) is 0 Å². The number of halogens is 1. The molecule has 192 valence electrons. The second-order valence-corrected chi connectivity index (χ2v) is 13.1. The molecule has 0 bridgehead atoms. The van der Waals surface area contributed by atoms with Gasteiger partial charge in [0.2, 0.25) is 5.91 Å². The lowest BCUT2D eigenvalue weighted by atomic mass is 9.64. The fraction of sp³-hybridized carbons (Fsp3) is 0.964. The van der Waals surface area contributed by atoms with Gasteiger partial charge in [0.15, 0.2) is 0 Å². The van der Waals surface area contributed by atoms with E-state index in [9.17, 15) is 4.79 Å². The topological polar surface area (TPSA) is 44.4 Å². The summed E-state index contributed by atoms with van der Waals surface area (Å²) in [6.45, 7) is 14.6. The minimum atomic E-state index is 0.205. The van der Waals surface area contributed by atoms with Gasteiger partial charge < -0.3 is 15.5 Å². The van der Waals surface area contributed by atoms with Crippen LogP contribution in [-0.2, 0) is 4.79 Å². The Kier molecular flexibility index (Phi) is 10.8. The molecule has 0 aromatic rings. The molecule has 0 aromatic heterocycles. The van der Waals surface area contributed by atoms with E-state index >= 15 is 0 Å². The van der Waals surface area contributed by atoms with Crippen LogP contribution in [0.2, 0.25) is 0 Å². The summed E-state index contributed by atoms with van der Waals surface area (Å²) in [6.07, 6.45) is 13.8. The third-order valence-corrected chi connectivity index (χ3v) is 9.39. The first kappa shape index (κ1) is 27.3. The zero-order valence-corrected chi connectivity index (χ0v) is 22.8. The minimum absolute atomic E-state index is 0.205. The van der Waals surface area contributed by atoms with Gasteiger partial charge in [-0.2, -0.15) is 0 Å². The molecule has 0 radical (unpaired) electrons. The van der Waals surface area contributed by atoms with E-state index in [-0.39, 0.29) is 11.9 Å². The van der Waals surface area contributed by atoms with Crippen molar-refractivity contribution >= 4 is 17.5 Å². The van der Waals surface area contributed by atoms with E-state index in [1.807, 2.05) is 0 Å². The van der Waals surface area contributed by atoms with Crippen LogP contribution in [0.4, 0.5) is 0 Å². The van der Waals surface area contributed by atoms with Crippen molar-refractivity contribution in [1.82, 2.24) is 15.5 Å². The average molecular weight is 482 g/mol. The van der Waals surface area contributed by atoms with Crippen LogP contribution in [0.3, 0.4) is 0 Å². The Hall–Kier alpha value is -0.320. The largest absolute Gasteiger partial charge is 0.352 e. The number of hydrogen-bond donors (Lipinski definition) is 2. The monoisotopic (exact) mass is 481 g/mol. The lowest BCUT2D eigenvalue weighted by Gasteiger charge is -2.49. The predicted molar refractivity (Wildman–Crippen MR) is 141 cm³/mol. The predicted octanol–water partition coefficient (Wildman–Crippen LogP) is 5.83. The van der Waals surface area contributed by atoms with Crippen molar-refractivity contribution in [3.63, 3.8) is 0 Å². The van der Waals surface area contributed by atoms with E-state index in [0.29, 0.717) is 23.1 Å². The molecule has 2 aliphatic carbocycles. The second-order valence-electron chi connectivity index (χ2n) is 12.5. The van der Waals surface area contributed by atoms with Crippen molar-refractivity contribution in [1.29, 1.82) is 0 Å². The Morgan fingerprint density at radius 2 is 1.73 bits per heavy atom. The fourth-order valence-electron chi connectivity index (χ4n) is 6.88. The smallest absolute Gasteiger partial charge is 0.221 e. The number of nitrogens with zero attached hydrogens (tertiary/aromatic N) is 1. The SMILES string of the molecule is CC(C)[C@H](CN1CCC(C2CCC(Cl)CC2)C(C)(C)C1)NC(=O)CCNCC1CCCCC1. The fourth-order valence-corrected chi connectivity index (χ4v) is 7.13. The summed E-state index contributed by atoms with van der Waals surface area (Å²) in [7, 11) is 0. The molecule has 1 aliphatic heterocycles. The summed E-state index contributed by atoms with van der Waals surface area (Å²) >= 11 is 6.37. The first-order valence-corrected chi connectivity index (χ1v) is 14.5. The average Bonchev–Trinajstić information content (AvgIpc) is 2.77. The molecule has 2 saturated carbocycles. The molecule has 0 spiro atoms. The molecule has 5 heteroatoms. The normalized spacial score (nSPS) is 30.3. The van der Waals surface area contributed by atoms with Gasteiger partial charge in [-0.15, -0.1) is 11.6 Å². The summed E-state index contributed by atoms with van der Waals surface area (Å²) in [4.78, 5) is 15.3. The number of hydrogen-bond acceptors (Lipinski definition) is 3. The number of amides is 1. The van der Waals surface area contributed by atoms with Gasteiger partial charge in [-0.3, -0.25) is 4.79 Å². The number of nitrogens with one attached hydrogen (secondary N) is 2. The van der Waals surface area contributed by atoms with Gasteiger partial charge in [0, 0.05) is 37.5 Å². The van der Waals surface area contributed by atoms with Gasteiger partial charge in [0.25, 0.3) is 0 Å². The maximum atomic E-state index is 12.7. The maximum Gasteiger partial charge on any atom is 0.221 e. The highest BCUT2D eigenvalue weighted by Crippen LogP contribution is 2.45. The zero-order valence-electron chi connectivity index (χ0n) is 22.0. The number of likely N-dealkylation sites (tertiary alicyclic amines) is 1. The van der Waals surface area contributed by atoms with Crippen LogP contribution in [0, 0.1) is 29.1 Å². The van der Waals surface area contributed by atoms with Crippen LogP contribution in [0.5, 0.6) is 0 Å². The first-order valence-electron chi connectivity index (χ1n) is 14.1. The van der Waals surface area contributed by atoms with E-state index in [1.54, 1.807) is 0 Å². The zero-order chi connectivity index (χ0) is 23.8. The van der Waals surface area contributed by atoms with Crippen LogP contribution in [0.1, 0.15) is 98.3 Å². The quantitative estimate of drug-likeness (QED) is 0.304. The van der Waals surface area contributed by atoms with E-state index in [1.165, 1.54) is 64.2 Å². The van der Waals surface area contributed by atoms with Crippen molar-refractivity contribution in [2.24, 2.45) is 29.1 Å². The minimum Gasteiger partial charge on any atom is -0.352 e. The van der Waals surface area contributed by atoms with E-state index in [0.717, 1.165) is 50.5 Å². The Morgan fingerprint density at radius 3 is 2.36 bits per heavy atom. The molecular weight excluding hydrogens is 430 g/mol. The third-order valence-electron chi connectivity index (χ3n) is 8.95. The molecule has 2 atom stereocenters. The summed E-state index contributed by atoms with van der Waals surface area (Å²) < 4.78 is 0. The molecule has 0 aromatic carbocycles. The van der Waals surface area contributed by atoms with Gasteiger partial charge in [-0.1, -0.05) is 47.0 Å². The number of alkyl halides is 1. The van der Waals surface area contributed by atoms with Gasteiger partial charge in [-0.05, 0) is 87.1 Å². The molecule has 4 nitrogen and oxygen atoms in total. The lowest BCUT2D eigenvalue weighted by Crippen LogP contribution is -2.54. The van der Waals surface area contributed by atoms with Crippen molar-refractivity contribution in [2.75, 3.05) is 32.7 Å². The van der Waals surface area contributed by atoms with Crippen LogP contribution in [-0.4, -0.2) is 54.9 Å². The molecule has 1 amide bonds. The van der Waals surface area contributed by atoms with Crippen molar-refractivity contribution in [3.05, 3.63) is 0 Å². The standard InChI is InChI=1S/C28H52ClN3O/c1-21(2)26(31-27(33)14-16-30-18-22-8-6-5-7-9-22)19-32-17-15-25(28(3,4)20-32)23-10-12-24(29)13-11-23/h21-26,30H,5-20H2,1-4H3,(H,31,33)/t23?,24?,25?,26-/m0/s1. The van der Waals surface area contributed by atoms with Crippen molar-refractivity contribution in [3.8, 4) is 0 Å². The molecule has 33 heavy (non-hydrogen) atoms. The molecular formula is C28H52ClN3O. The van der Waals surface area contributed by atoms with Gasteiger partial charge >= 0.3 is 0 Å². The first-order chi connectivity index (χ1) is 15.7. The summed E-state index contributed by atoms with van der Waals surface area (Å²) in [5.74, 6) is 3.13. The number of carbonyl (C=O) groups excluding carboxylic acids is 1. The molecule has 3 rings (SSSR count).